The molecule has 0 heterocycles. The molecule has 26 heavy (non-hydrogen) atoms. The molecule has 5 heteroatoms. The summed E-state index contributed by atoms with van der Waals surface area (Å²) in [6.07, 6.45) is -1.01. The molecule has 134 valence electrons. The molecule has 0 aliphatic rings. The maximum atomic E-state index is 13.7. The van der Waals surface area contributed by atoms with E-state index in [1.807, 2.05) is 30.3 Å². The molecule has 3 aromatic carbocycles. The Hall–Kier alpha value is -2.92. The molecule has 0 saturated carbocycles. The van der Waals surface area contributed by atoms with E-state index in [0.717, 1.165) is 16.2 Å². The molecule has 3 aromatic rings. The fourth-order valence-corrected chi connectivity index (χ4v) is 2.67. The van der Waals surface area contributed by atoms with Gasteiger partial charge in [0.25, 0.3) is 0 Å². The molecule has 0 spiro atoms. The van der Waals surface area contributed by atoms with Gasteiger partial charge in [0.1, 0.15) is 30.9 Å². The van der Waals surface area contributed by atoms with Crippen molar-refractivity contribution < 1.29 is 23.8 Å². The van der Waals surface area contributed by atoms with Gasteiger partial charge in [0.2, 0.25) is 0 Å². The zero-order valence-electron chi connectivity index (χ0n) is 14.4. The minimum Gasteiger partial charge on any atom is -0.489 e. The minimum absolute atomic E-state index is 0.0942. The van der Waals surface area contributed by atoms with Crippen molar-refractivity contribution in [3.63, 3.8) is 0 Å². The third kappa shape index (κ3) is 3.83. The smallest absolute Gasteiger partial charge is 0.333 e. The van der Waals surface area contributed by atoms with Gasteiger partial charge in [-0.05, 0) is 35.9 Å². The van der Waals surface area contributed by atoms with Gasteiger partial charge in [0.15, 0.2) is 0 Å². The Bertz CT molecular complexity index is 980. The number of benzene rings is 3. The maximum Gasteiger partial charge on any atom is 0.333 e. The first-order chi connectivity index (χ1) is 12.5. The molecular formula is C21H19FO4. The van der Waals surface area contributed by atoms with Gasteiger partial charge < -0.3 is 14.6 Å². The van der Waals surface area contributed by atoms with E-state index in [4.69, 9.17) is 9.47 Å². The summed E-state index contributed by atoms with van der Waals surface area (Å²) in [5.74, 6) is -0.446. The zero-order valence-corrected chi connectivity index (χ0v) is 14.4. The SMILES string of the molecule is C=C(C)C(=O)OCC(O)COc1c2ccccc2cc2ccc(F)cc12. The van der Waals surface area contributed by atoms with Crippen LogP contribution in [0.25, 0.3) is 21.5 Å². The van der Waals surface area contributed by atoms with Crippen molar-refractivity contribution in [1.29, 1.82) is 0 Å². The Kier molecular flexibility index (Phi) is 5.19. The zero-order chi connectivity index (χ0) is 18.7. The number of hydrogen-bond acceptors (Lipinski definition) is 4. The standard InChI is InChI=1S/C21H19FO4/c1-13(2)21(24)26-12-17(23)11-25-20-18-6-4-3-5-14(18)9-15-7-8-16(22)10-19(15)20/h3-10,17,23H,1,11-12H2,2H3. The number of esters is 1. The van der Waals surface area contributed by atoms with E-state index in [2.05, 4.69) is 6.58 Å². The number of fused-ring (bicyclic) bond motifs is 2. The number of rotatable bonds is 6. The average molecular weight is 354 g/mol. The Morgan fingerprint density at radius 1 is 1.12 bits per heavy atom. The van der Waals surface area contributed by atoms with Crippen LogP contribution in [0.2, 0.25) is 0 Å². The van der Waals surface area contributed by atoms with Crippen LogP contribution < -0.4 is 4.74 Å². The molecule has 0 amide bonds. The van der Waals surface area contributed by atoms with Crippen molar-refractivity contribution in [2.75, 3.05) is 13.2 Å². The molecule has 0 aliphatic heterocycles. The average Bonchev–Trinajstić information content (AvgIpc) is 2.63. The molecule has 0 aliphatic carbocycles. The van der Waals surface area contributed by atoms with Gasteiger partial charge in [-0.2, -0.15) is 0 Å². The van der Waals surface area contributed by atoms with E-state index in [1.54, 1.807) is 6.07 Å². The number of carbonyl (C=O) groups is 1. The van der Waals surface area contributed by atoms with Crippen molar-refractivity contribution >= 4 is 27.5 Å². The second-order valence-electron chi connectivity index (χ2n) is 6.14. The quantitative estimate of drug-likeness (QED) is 0.413. The fourth-order valence-electron chi connectivity index (χ4n) is 2.67. The first kappa shape index (κ1) is 17.9. The highest BCUT2D eigenvalue weighted by Crippen LogP contribution is 2.35. The second kappa shape index (κ2) is 7.54. The highest BCUT2D eigenvalue weighted by Gasteiger charge is 2.14. The molecular weight excluding hydrogens is 335 g/mol. The molecule has 3 rings (SSSR count). The summed E-state index contributed by atoms with van der Waals surface area (Å²) < 4.78 is 24.5. The van der Waals surface area contributed by atoms with Gasteiger partial charge in [-0.1, -0.05) is 36.9 Å². The number of halogens is 1. The van der Waals surface area contributed by atoms with Crippen LogP contribution in [0.5, 0.6) is 5.75 Å². The van der Waals surface area contributed by atoms with Crippen LogP contribution in [0.4, 0.5) is 4.39 Å². The van der Waals surface area contributed by atoms with E-state index in [1.165, 1.54) is 19.1 Å². The largest absolute Gasteiger partial charge is 0.489 e. The summed E-state index contributed by atoms with van der Waals surface area (Å²) in [4.78, 5) is 11.4. The van der Waals surface area contributed by atoms with Crippen LogP contribution in [-0.4, -0.2) is 30.4 Å². The first-order valence-corrected chi connectivity index (χ1v) is 8.20. The summed E-state index contributed by atoms with van der Waals surface area (Å²) in [7, 11) is 0. The van der Waals surface area contributed by atoms with Gasteiger partial charge in [0, 0.05) is 16.3 Å². The molecule has 0 bridgehead atoms. The molecule has 0 saturated heterocycles. The van der Waals surface area contributed by atoms with Crippen molar-refractivity contribution in [3.8, 4) is 5.75 Å². The lowest BCUT2D eigenvalue weighted by molar-refractivity contribution is -0.142. The van der Waals surface area contributed by atoms with E-state index in [-0.39, 0.29) is 24.6 Å². The van der Waals surface area contributed by atoms with Crippen molar-refractivity contribution in [3.05, 3.63) is 66.5 Å². The van der Waals surface area contributed by atoms with Gasteiger partial charge in [-0.25, -0.2) is 9.18 Å². The van der Waals surface area contributed by atoms with Crippen LogP contribution in [-0.2, 0) is 9.53 Å². The maximum absolute atomic E-state index is 13.7. The summed E-state index contributed by atoms with van der Waals surface area (Å²) in [5.41, 5.74) is 0.258. The van der Waals surface area contributed by atoms with E-state index < -0.39 is 12.1 Å². The van der Waals surface area contributed by atoms with E-state index in [0.29, 0.717) is 11.1 Å². The summed E-state index contributed by atoms with van der Waals surface area (Å²) in [6.45, 7) is 4.71. The fraction of sp³-hybridized carbons (Fsp3) is 0.190. The molecule has 1 N–H and O–H groups in total. The second-order valence-corrected chi connectivity index (χ2v) is 6.14. The van der Waals surface area contributed by atoms with Gasteiger partial charge in [0.05, 0.1) is 0 Å². The summed E-state index contributed by atoms with van der Waals surface area (Å²) in [6, 6.07) is 14.0. The number of ether oxygens (including phenoxy) is 2. The van der Waals surface area contributed by atoms with Crippen LogP contribution in [0.3, 0.4) is 0 Å². The van der Waals surface area contributed by atoms with Gasteiger partial charge in [-0.3, -0.25) is 0 Å². The first-order valence-electron chi connectivity index (χ1n) is 8.20. The lowest BCUT2D eigenvalue weighted by Crippen LogP contribution is -2.25. The van der Waals surface area contributed by atoms with Crippen LogP contribution in [0, 0.1) is 5.82 Å². The Balaban J connectivity index is 1.86. The van der Waals surface area contributed by atoms with Gasteiger partial charge in [-0.15, -0.1) is 0 Å². The molecule has 1 atom stereocenters. The number of carbonyl (C=O) groups excluding carboxylic acids is 1. The molecule has 1 unspecified atom stereocenters. The molecule has 0 radical (unpaired) electrons. The highest BCUT2D eigenvalue weighted by atomic mass is 19.1. The minimum atomic E-state index is -1.01. The number of hydrogen-bond donors (Lipinski definition) is 1. The Morgan fingerprint density at radius 2 is 1.85 bits per heavy atom. The molecule has 4 nitrogen and oxygen atoms in total. The van der Waals surface area contributed by atoms with E-state index in [9.17, 15) is 14.3 Å². The predicted molar refractivity (Wildman–Crippen MR) is 98.7 cm³/mol. The molecule has 0 fully saturated rings. The summed E-state index contributed by atoms with van der Waals surface area (Å²) >= 11 is 0. The van der Waals surface area contributed by atoms with Crippen LogP contribution in [0.15, 0.2) is 60.7 Å². The van der Waals surface area contributed by atoms with Gasteiger partial charge >= 0.3 is 5.97 Å². The van der Waals surface area contributed by atoms with Crippen LogP contribution >= 0.6 is 0 Å². The lowest BCUT2D eigenvalue weighted by atomic mass is 10.0. The third-order valence-electron chi connectivity index (χ3n) is 3.95. The lowest BCUT2D eigenvalue weighted by Gasteiger charge is -2.16. The van der Waals surface area contributed by atoms with E-state index >= 15 is 0 Å². The van der Waals surface area contributed by atoms with Crippen molar-refractivity contribution in [2.24, 2.45) is 0 Å². The summed E-state index contributed by atoms with van der Waals surface area (Å²) in [5, 5.41) is 13.3. The van der Waals surface area contributed by atoms with Crippen LogP contribution in [0.1, 0.15) is 6.92 Å². The monoisotopic (exact) mass is 354 g/mol. The highest BCUT2D eigenvalue weighted by molar-refractivity contribution is 6.05. The number of aliphatic hydroxyl groups excluding tert-OH is 1. The third-order valence-corrected chi connectivity index (χ3v) is 3.95. The molecule has 0 aromatic heterocycles. The topological polar surface area (TPSA) is 55.8 Å². The van der Waals surface area contributed by atoms with Crippen molar-refractivity contribution in [2.45, 2.75) is 13.0 Å². The Labute approximate surface area is 150 Å². The van der Waals surface area contributed by atoms with Crippen molar-refractivity contribution in [1.82, 2.24) is 0 Å². The normalized spacial score (nSPS) is 12.1. The Morgan fingerprint density at radius 3 is 2.62 bits per heavy atom. The number of aliphatic hydroxyl groups is 1. The predicted octanol–water partition coefficient (Wildman–Crippen LogP) is 3.99.